The Kier molecular flexibility index (Phi) is 21.2. The molecule has 0 unspecified atom stereocenters. The van der Waals surface area contributed by atoms with Crippen LogP contribution in [0.15, 0.2) is 72.8 Å². The zero-order valence-electron chi connectivity index (χ0n) is 37.3. The first kappa shape index (κ1) is 51.6. The van der Waals surface area contributed by atoms with Crippen molar-refractivity contribution < 1.29 is 60.8 Å². The molecule has 0 atom stereocenters. The van der Waals surface area contributed by atoms with Crippen molar-refractivity contribution in [3.63, 3.8) is 0 Å². The van der Waals surface area contributed by atoms with Crippen LogP contribution < -0.4 is 24.3 Å². The third-order valence-corrected chi connectivity index (χ3v) is 10.7. The van der Waals surface area contributed by atoms with E-state index in [1.807, 2.05) is 24.3 Å². The Morgan fingerprint density at radius 3 is 1.38 bits per heavy atom. The molecule has 0 aromatic heterocycles. The average Bonchev–Trinajstić information content (AvgIpc) is 3.29. The van der Waals surface area contributed by atoms with Crippen LogP contribution in [0.2, 0.25) is 0 Å². The molecule has 2 fully saturated rings. The summed E-state index contributed by atoms with van der Waals surface area (Å²) < 4.78 is 73.5. The number of carboxylic acids is 1. The summed E-state index contributed by atoms with van der Waals surface area (Å²) in [6.45, 7) is 8.82. The van der Waals surface area contributed by atoms with E-state index in [4.69, 9.17) is 24.1 Å². The van der Waals surface area contributed by atoms with E-state index in [1.165, 1.54) is 5.56 Å². The number of hydrogen-bond donors (Lipinski definition) is 2. The van der Waals surface area contributed by atoms with Crippen LogP contribution in [0.25, 0.3) is 0 Å². The number of carbonyl (C=O) groups excluding carboxylic acids is 3. The summed E-state index contributed by atoms with van der Waals surface area (Å²) in [4.78, 5) is 52.7. The van der Waals surface area contributed by atoms with E-state index in [0.29, 0.717) is 43.1 Å². The lowest BCUT2D eigenvalue weighted by Gasteiger charge is -2.35. The summed E-state index contributed by atoms with van der Waals surface area (Å²) in [5.74, 6) is -2.24. The summed E-state index contributed by atoms with van der Waals surface area (Å²) in [7, 11) is 6.54. The number of ketones is 2. The number of carboxylic acid groups (broad SMARTS) is 1. The van der Waals surface area contributed by atoms with Crippen LogP contribution >= 0.6 is 0 Å². The Morgan fingerprint density at radius 1 is 0.538 bits per heavy atom. The Morgan fingerprint density at radius 2 is 0.969 bits per heavy atom. The molecule has 6 rings (SSSR count). The van der Waals surface area contributed by atoms with Gasteiger partial charge in [-0.2, -0.15) is 0 Å². The Bertz CT molecular complexity index is 2200. The SMILES string of the molecule is COc1ccc(CN2CCN(C(=O)CCCC(=O)c3ccc(F)cc3F)CC2)cc1OC.COc1ccc(CN2CCNCC2)cc1OC.O=C(O)CCCC(=O)c1ccc(F)cc1F. The van der Waals surface area contributed by atoms with E-state index >= 15 is 0 Å². The molecule has 0 aliphatic carbocycles. The van der Waals surface area contributed by atoms with Gasteiger partial charge in [0, 0.05) is 103 Å². The van der Waals surface area contributed by atoms with E-state index < -0.39 is 40.8 Å². The first-order valence-corrected chi connectivity index (χ1v) is 21.3. The molecule has 0 spiro atoms. The number of Topliss-reactive ketones (excluding diaryl/α,β-unsaturated/α-hetero) is 2. The maximum absolute atomic E-state index is 13.7. The van der Waals surface area contributed by atoms with Crippen molar-refractivity contribution >= 4 is 23.4 Å². The minimum absolute atomic E-state index is 0.0110. The molecular weight excluding hydrogens is 853 g/mol. The molecule has 4 aromatic carbocycles. The number of carbonyl (C=O) groups is 4. The number of ether oxygens (including phenoxy) is 4. The highest BCUT2D eigenvalue weighted by Gasteiger charge is 2.22. The van der Waals surface area contributed by atoms with Crippen LogP contribution in [0.1, 0.15) is 70.4 Å². The second-order valence-electron chi connectivity index (χ2n) is 15.3. The molecule has 2 heterocycles. The predicted octanol–water partition coefficient (Wildman–Crippen LogP) is 7.19. The van der Waals surface area contributed by atoms with Gasteiger partial charge in [0.05, 0.1) is 39.6 Å². The number of aliphatic carboxylic acids is 1. The molecule has 0 bridgehead atoms. The molecule has 13 nitrogen and oxygen atoms in total. The van der Waals surface area contributed by atoms with Crippen LogP contribution in [0.4, 0.5) is 17.6 Å². The van der Waals surface area contributed by atoms with Gasteiger partial charge < -0.3 is 34.3 Å². The van der Waals surface area contributed by atoms with E-state index in [9.17, 15) is 36.7 Å². The first-order chi connectivity index (χ1) is 31.2. The molecular formula is C48H58F4N4O9. The molecule has 2 aliphatic heterocycles. The van der Waals surface area contributed by atoms with Gasteiger partial charge in [-0.1, -0.05) is 12.1 Å². The minimum atomic E-state index is -1.01. The lowest BCUT2D eigenvalue weighted by atomic mass is 10.0. The van der Waals surface area contributed by atoms with Crippen molar-refractivity contribution in [3.05, 3.63) is 118 Å². The van der Waals surface area contributed by atoms with E-state index in [2.05, 4.69) is 27.2 Å². The van der Waals surface area contributed by atoms with Crippen molar-refractivity contribution in [2.24, 2.45) is 0 Å². The minimum Gasteiger partial charge on any atom is -0.493 e. The van der Waals surface area contributed by atoms with Gasteiger partial charge in [0.1, 0.15) is 23.3 Å². The van der Waals surface area contributed by atoms with Crippen molar-refractivity contribution in [3.8, 4) is 23.0 Å². The number of benzene rings is 4. The van der Waals surface area contributed by atoms with Crippen LogP contribution in [0, 0.1) is 23.3 Å². The molecule has 2 saturated heterocycles. The maximum Gasteiger partial charge on any atom is 0.303 e. The lowest BCUT2D eigenvalue weighted by molar-refractivity contribution is -0.137. The zero-order valence-corrected chi connectivity index (χ0v) is 37.3. The highest BCUT2D eigenvalue weighted by Crippen LogP contribution is 2.29. The van der Waals surface area contributed by atoms with Gasteiger partial charge in [-0.05, 0) is 72.5 Å². The van der Waals surface area contributed by atoms with E-state index in [-0.39, 0.29) is 49.1 Å². The summed E-state index contributed by atoms with van der Waals surface area (Å²) in [5, 5.41) is 11.7. The Balaban J connectivity index is 0.000000236. The summed E-state index contributed by atoms with van der Waals surface area (Å²) >= 11 is 0. The topological polar surface area (TPSA) is 147 Å². The predicted molar refractivity (Wildman–Crippen MR) is 236 cm³/mol. The van der Waals surface area contributed by atoms with Crippen LogP contribution in [0.5, 0.6) is 23.0 Å². The number of amides is 1. The van der Waals surface area contributed by atoms with E-state index in [1.54, 1.807) is 33.3 Å². The normalized spacial score (nSPS) is 13.9. The maximum atomic E-state index is 13.7. The number of methoxy groups -OCH3 is 4. The summed E-state index contributed by atoms with van der Waals surface area (Å²) in [6.07, 6.45) is 0.548. The van der Waals surface area contributed by atoms with E-state index in [0.717, 1.165) is 93.7 Å². The van der Waals surface area contributed by atoms with Crippen LogP contribution in [0.3, 0.4) is 0 Å². The van der Waals surface area contributed by atoms with Gasteiger partial charge in [-0.3, -0.25) is 29.0 Å². The van der Waals surface area contributed by atoms with Gasteiger partial charge in [-0.25, -0.2) is 17.6 Å². The number of rotatable bonds is 18. The fourth-order valence-corrected chi connectivity index (χ4v) is 7.16. The van der Waals surface area contributed by atoms with Crippen molar-refractivity contribution in [2.45, 2.75) is 51.6 Å². The second kappa shape index (κ2) is 26.7. The molecule has 17 heteroatoms. The van der Waals surface area contributed by atoms with Gasteiger partial charge >= 0.3 is 5.97 Å². The van der Waals surface area contributed by atoms with Crippen LogP contribution in [-0.2, 0) is 22.7 Å². The average molecular weight is 911 g/mol. The monoisotopic (exact) mass is 910 g/mol. The fourth-order valence-electron chi connectivity index (χ4n) is 7.16. The Hall–Kier alpha value is -6.04. The standard InChI is InChI=1S/C24H28F2N2O4.C13H20N2O2.C11H10F2O3/c1-31-22-9-6-17(14-23(22)32-2)16-27-10-12-28(13-11-27)24(30)5-3-4-21(29)19-8-7-18(25)15-20(19)26;1-16-12-4-3-11(9-13(12)17-2)10-15-7-5-14-6-8-15;12-7-4-5-8(9(13)6-7)10(14)2-1-3-11(15)16/h6-9,14-15H,3-5,10-13,16H2,1-2H3;3-4,9,14H,5-8,10H2,1-2H3;4-6H,1-3H2,(H,15,16). The third-order valence-electron chi connectivity index (χ3n) is 10.7. The van der Waals surface area contributed by atoms with Crippen molar-refractivity contribution in [1.82, 2.24) is 20.0 Å². The zero-order chi connectivity index (χ0) is 47.3. The fraction of sp³-hybridized carbons (Fsp3) is 0.417. The van der Waals surface area contributed by atoms with Gasteiger partial charge in [0.2, 0.25) is 5.91 Å². The largest absolute Gasteiger partial charge is 0.493 e. The number of nitrogens with zero attached hydrogens (tertiary/aromatic N) is 3. The van der Waals surface area contributed by atoms with Gasteiger partial charge in [0.15, 0.2) is 34.6 Å². The first-order valence-electron chi connectivity index (χ1n) is 21.3. The lowest BCUT2D eigenvalue weighted by Crippen LogP contribution is -2.48. The molecule has 2 N–H and O–H groups in total. The van der Waals surface area contributed by atoms with Crippen molar-refractivity contribution in [1.29, 1.82) is 0 Å². The highest BCUT2D eigenvalue weighted by molar-refractivity contribution is 5.97. The second-order valence-corrected chi connectivity index (χ2v) is 15.3. The Labute approximate surface area is 377 Å². The summed E-state index contributed by atoms with van der Waals surface area (Å²) in [6, 6.07) is 17.5. The number of hydrogen-bond acceptors (Lipinski definition) is 11. The smallest absolute Gasteiger partial charge is 0.303 e. The molecule has 1 amide bonds. The number of nitrogens with one attached hydrogen (secondary N) is 1. The quantitative estimate of drug-likeness (QED) is 0.0770. The van der Waals surface area contributed by atoms with Crippen LogP contribution in [-0.4, -0.2) is 124 Å². The summed E-state index contributed by atoms with van der Waals surface area (Å²) in [5.41, 5.74) is 2.04. The van der Waals surface area contributed by atoms with Gasteiger partial charge in [0.25, 0.3) is 0 Å². The van der Waals surface area contributed by atoms with Crippen molar-refractivity contribution in [2.75, 3.05) is 80.8 Å². The number of halogens is 4. The molecule has 0 radical (unpaired) electrons. The molecule has 0 saturated carbocycles. The molecule has 4 aromatic rings. The molecule has 2 aliphatic rings. The third kappa shape index (κ3) is 16.8. The highest BCUT2D eigenvalue weighted by atomic mass is 19.1. The molecule has 65 heavy (non-hydrogen) atoms. The van der Waals surface area contributed by atoms with Gasteiger partial charge in [-0.15, -0.1) is 0 Å². The molecule has 352 valence electrons. The number of piperazine rings is 2.